The van der Waals surface area contributed by atoms with Crippen molar-refractivity contribution < 1.29 is 9.53 Å². The number of nitrogens with two attached hydrogens (primary N) is 1. The largest absolute Gasteiger partial charge is 0.438 e. The molecule has 1 amide bonds. The summed E-state index contributed by atoms with van der Waals surface area (Å²) >= 11 is 6.15. The Morgan fingerprint density at radius 1 is 1.55 bits per heavy atom. The van der Waals surface area contributed by atoms with Gasteiger partial charge in [-0.1, -0.05) is 24.6 Å². The molecular weight excluding hydrogens is 306 g/mol. The van der Waals surface area contributed by atoms with Crippen molar-refractivity contribution in [1.82, 2.24) is 9.55 Å². The third kappa shape index (κ3) is 2.54. The van der Waals surface area contributed by atoms with Gasteiger partial charge in [-0.05, 0) is 31.4 Å². The van der Waals surface area contributed by atoms with Crippen LogP contribution >= 0.6 is 11.6 Å². The van der Waals surface area contributed by atoms with Gasteiger partial charge in [-0.15, -0.1) is 0 Å². The molecule has 1 saturated carbocycles. The van der Waals surface area contributed by atoms with Crippen LogP contribution in [-0.2, 0) is 4.74 Å². The first-order valence-corrected chi connectivity index (χ1v) is 7.57. The SMILES string of the molecule is CC[C@H](OC(N)=O)c1nc2cccc(Cl)c2c(=O)n1C1CC1. The molecule has 0 unspecified atom stereocenters. The van der Waals surface area contributed by atoms with E-state index in [4.69, 9.17) is 22.1 Å². The quantitative estimate of drug-likeness (QED) is 0.937. The number of halogens is 1. The lowest BCUT2D eigenvalue weighted by Crippen LogP contribution is -2.29. The maximum Gasteiger partial charge on any atom is 0.405 e. The first-order valence-electron chi connectivity index (χ1n) is 7.19. The highest BCUT2D eigenvalue weighted by molar-refractivity contribution is 6.35. The van der Waals surface area contributed by atoms with Crippen LogP contribution in [0, 0.1) is 0 Å². The first kappa shape index (κ1) is 14.8. The molecule has 1 heterocycles. The van der Waals surface area contributed by atoms with Crippen LogP contribution in [0.25, 0.3) is 10.9 Å². The molecule has 6 nitrogen and oxygen atoms in total. The Morgan fingerprint density at radius 2 is 2.27 bits per heavy atom. The zero-order chi connectivity index (χ0) is 15.9. The van der Waals surface area contributed by atoms with Gasteiger partial charge in [0.05, 0.1) is 15.9 Å². The average molecular weight is 322 g/mol. The van der Waals surface area contributed by atoms with E-state index in [1.807, 2.05) is 6.92 Å². The van der Waals surface area contributed by atoms with E-state index in [9.17, 15) is 9.59 Å². The van der Waals surface area contributed by atoms with E-state index in [0.717, 1.165) is 12.8 Å². The maximum atomic E-state index is 12.8. The number of benzene rings is 1. The molecule has 0 aliphatic heterocycles. The summed E-state index contributed by atoms with van der Waals surface area (Å²) in [6.07, 6.45) is 0.757. The third-order valence-electron chi connectivity index (χ3n) is 3.74. The van der Waals surface area contributed by atoms with E-state index < -0.39 is 12.2 Å². The fraction of sp³-hybridized carbons (Fsp3) is 0.400. The summed E-state index contributed by atoms with van der Waals surface area (Å²) in [6.45, 7) is 1.85. The van der Waals surface area contributed by atoms with Crippen molar-refractivity contribution in [1.29, 1.82) is 0 Å². The molecule has 1 aromatic carbocycles. The summed E-state index contributed by atoms with van der Waals surface area (Å²) in [6, 6.07) is 5.21. The third-order valence-corrected chi connectivity index (χ3v) is 4.05. The average Bonchev–Trinajstić information content (AvgIpc) is 3.28. The van der Waals surface area contributed by atoms with Gasteiger partial charge < -0.3 is 10.5 Å². The number of aromatic nitrogens is 2. The van der Waals surface area contributed by atoms with Crippen LogP contribution in [0.1, 0.15) is 44.2 Å². The molecule has 1 aliphatic carbocycles. The Labute approximate surface area is 131 Å². The van der Waals surface area contributed by atoms with Crippen molar-refractivity contribution in [2.45, 2.75) is 38.3 Å². The summed E-state index contributed by atoms with van der Waals surface area (Å²) in [5.41, 5.74) is 5.43. The molecule has 0 bridgehead atoms. The monoisotopic (exact) mass is 321 g/mol. The number of hydrogen-bond acceptors (Lipinski definition) is 4. The number of amides is 1. The lowest BCUT2D eigenvalue weighted by molar-refractivity contribution is 0.0959. The van der Waals surface area contributed by atoms with E-state index in [2.05, 4.69) is 4.98 Å². The molecule has 22 heavy (non-hydrogen) atoms. The van der Waals surface area contributed by atoms with Gasteiger partial charge in [-0.2, -0.15) is 0 Å². The van der Waals surface area contributed by atoms with E-state index in [0.29, 0.717) is 28.2 Å². The summed E-state index contributed by atoms with van der Waals surface area (Å²) in [5.74, 6) is 0.434. The first-order chi connectivity index (χ1) is 10.5. The standard InChI is InChI=1S/C15H16ClN3O3/c1-2-11(22-15(17)21)13-18-10-5-3-4-9(16)12(10)14(20)19(13)8-6-7-8/h3-5,8,11H,2,6-7H2,1H3,(H2,17,21)/t11-/m0/s1. The Morgan fingerprint density at radius 3 is 2.86 bits per heavy atom. The van der Waals surface area contributed by atoms with E-state index in [1.54, 1.807) is 22.8 Å². The summed E-state index contributed by atoms with van der Waals surface area (Å²) in [4.78, 5) is 28.5. The topological polar surface area (TPSA) is 87.2 Å². The Kier molecular flexibility index (Phi) is 3.78. The van der Waals surface area contributed by atoms with E-state index >= 15 is 0 Å². The zero-order valence-corrected chi connectivity index (χ0v) is 12.8. The van der Waals surface area contributed by atoms with E-state index in [-0.39, 0.29) is 11.6 Å². The van der Waals surface area contributed by atoms with Crippen molar-refractivity contribution >= 4 is 28.6 Å². The van der Waals surface area contributed by atoms with Gasteiger partial charge in [-0.3, -0.25) is 9.36 Å². The minimum absolute atomic E-state index is 0.0844. The smallest absolute Gasteiger partial charge is 0.405 e. The van der Waals surface area contributed by atoms with E-state index in [1.165, 1.54) is 0 Å². The van der Waals surface area contributed by atoms with Gasteiger partial charge in [0.2, 0.25) is 0 Å². The number of hydrogen-bond donors (Lipinski definition) is 1. The lowest BCUT2D eigenvalue weighted by Gasteiger charge is -2.20. The van der Waals surface area contributed by atoms with Crippen molar-refractivity contribution in [3.05, 3.63) is 39.4 Å². The molecule has 0 spiro atoms. The predicted octanol–water partition coefficient (Wildman–Crippen LogP) is 2.93. The van der Waals surface area contributed by atoms with Gasteiger partial charge in [0.1, 0.15) is 0 Å². The molecule has 1 atom stereocenters. The molecule has 7 heteroatoms. The van der Waals surface area contributed by atoms with Crippen molar-refractivity contribution in [3.8, 4) is 0 Å². The van der Waals surface area contributed by atoms with Gasteiger partial charge in [-0.25, -0.2) is 9.78 Å². The molecule has 1 aliphatic rings. The molecule has 0 radical (unpaired) electrons. The number of fused-ring (bicyclic) bond motifs is 1. The van der Waals surface area contributed by atoms with Crippen LogP contribution in [0.2, 0.25) is 5.02 Å². The number of rotatable bonds is 4. The Hall–Kier alpha value is -2.08. The number of carbonyl (C=O) groups excluding carboxylic acids is 1. The van der Waals surface area contributed by atoms with Crippen LogP contribution in [0.5, 0.6) is 0 Å². The van der Waals surface area contributed by atoms with Crippen LogP contribution < -0.4 is 11.3 Å². The second-order valence-corrected chi connectivity index (χ2v) is 5.75. The van der Waals surface area contributed by atoms with Crippen LogP contribution in [-0.4, -0.2) is 15.6 Å². The van der Waals surface area contributed by atoms with Gasteiger partial charge in [0.15, 0.2) is 11.9 Å². The van der Waals surface area contributed by atoms with Crippen LogP contribution in [0.3, 0.4) is 0 Å². The number of carbonyl (C=O) groups is 1. The summed E-state index contributed by atoms with van der Waals surface area (Å²) in [5, 5.41) is 0.772. The Bertz CT molecular complexity index is 798. The molecule has 116 valence electrons. The molecule has 0 saturated heterocycles. The highest BCUT2D eigenvalue weighted by Gasteiger charge is 2.32. The highest BCUT2D eigenvalue weighted by atomic mass is 35.5. The van der Waals surface area contributed by atoms with Crippen molar-refractivity contribution in [2.24, 2.45) is 5.73 Å². The minimum Gasteiger partial charge on any atom is -0.438 e. The molecular formula is C15H16ClN3O3. The summed E-state index contributed by atoms with van der Waals surface area (Å²) < 4.78 is 6.72. The number of nitrogens with zero attached hydrogens (tertiary/aromatic N) is 2. The minimum atomic E-state index is -0.880. The molecule has 1 aromatic heterocycles. The van der Waals surface area contributed by atoms with Gasteiger partial charge >= 0.3 is 6.09 Å². The molecule has 3 rings (SSSR count). The maximum absolute atomic E-state index is 12.8. The van der Waals surface area contributed by atoms with Crippen LogP contribution in [0.15, 0.2) is 23.0 Å². The Balaban J connectivity index is 2.26. The molecule has 2 N–H and O–H groups in total. The van der Waals surface area contributed by atoms with Crippen molar-refractivity contribution in [2.75, 3.05) is 0 Å². The van der Waals surface area contributed by atoms with Gasteiger partial charge in [0, 0.05) is 6.04 Å². The number of primary amides is 1. The highest BCUT2D eigenvalue weighted by Crippen LogP contribution is 2.37. The van der Waals surface area contributed by atoms with Gasteiger partial charge in [0.25, 0.3) is 5.56 Å². The second-order valence-electron chi connectivity index (χ2n) is 5.34. The fourth-order valence-corrected chi connectivity index (χ4v) is 2.84. The zero-order valence-electron chi connectivity index (χ0n) is 12.1. The fourth-order valence-electron chi connectivity index (χ4n) is 2.59. The predicted molar refractivity (Wildman–Crippen MR) is 83.0 cm³/mol. The summed E-state index contributed by atoms with van der Waals surface area (Å²) in [7, 11) is 0. The van der Waals surface area contributed by atoms with Crippen molar-refractivity contribution in [3.63, 3.8) is 0 Å². The number of ether oxygens (including phenoxy) is 1. The normalized spacial score (nSPS) is 15.7. The van der Waals surface area contributed by atoms with Crippen LogP contribution in [0.4, 0.5) is 4.79 Å². The lowest BCUT2D eigenvalue weighted by atomic mass is 10.2. The molecule has 2 aromatic rings. The second kappa shape index (κ2) is 5.61. The molecule has 1 fully saturated rings.